The minimum Gasteiger partial charge on any atom is -0.489 e. The summed E-state index contributed by atoms with van der Waals surface area (Å²) in [6.45, 7) is 8.46. The number of ether oxygens (including phenoxy) is 1. The number of sulfonamides is 1. The molecule has 0 saturated carbocycles. The molecule has 0 fully saturated rings. The minimum atomic E-state index is -3.43. The van der Waals surface area contributed by atoms with E-state index >= 15 is 0 Å². The molecule has 2 atom stereocenters. The van der Waals surface area contributed by atoms with Gasteiger partial charge in [0.15, 0.2) is 9.84 Å². The fourth-order valence-corrected chi connectivity index (χ4v) is 4.67. The smallest absolute Gasteiger partial charge is 0.214 e. The van der Waals surface area contributed by atoms with Crippen LogP contribution in [0.15, 0.2) is 48.5 Å². The van der Waals surface area contributed by atoms with Gasteiger partial charge in [-0.3, -0.25) is 0 Å². The van der Waals surface area contributed by atoms with Crippen molar-refractivity contribution in [3.8, 4) is 16.9 Å². The molecule has 2 aromatic carbocycles. The zero-order chi connectivity index (χ0) is 23.4. The number of rotatable bonds is 10. The quantitative estimate of drug-likeness (QED) is 0.553. The highest BCUT2D eigenvalue weighted by molar-refractivity contribution is 7.92. The first kappa shape index (κ1) is 25.3. The summed E-state index contributed by atoms with van der Waals surface area (Å²) >= 11 is 0. The maximum atomic E-state index is 12.3. The van der Waals surface area contributed by atoms with Crippen LogP contribution in [-0.4, -0.2) is 40.0 Å². The van der Waals surface area contributed by atoms with Gasteiger partial charge in [-0.25, -0.2) is 21.6 Å². The second-order valence-corrected chi connectivity index (χ2v) is 13.0. The van der Waals surface area contributed by atoms with Gasteiger partial charge in [-0.2, -0.15) is 0 Å². The highest BCUT2D eigenvalue weighted by Gasteiger charge is 2.26. The van der Waals surface area contributed by atoms with Crippen LogP contribution in [0.5, 0.6) is 5.75 Å². The highest BCUT2D eigenvalue weighted by atomic mass is 32.2. The van der Waals surface area contributed by atoms with Crippen LogP contribution < -0.4 is 15.2 Å². The van der Waals surface area contributed by atoms with Gasteiger partial charge in [0, 0.05) is 6.54 Å². The van der Waals surface area contributed by atoms with Crippen LogP contribution in [-0.2, 0) is 19.9 Å². The lowest BCUT2D eigenvalue weighted by atomic mass is 10.0. The van der Waals surface area contributed by atoms with Crippen LogP contribution in [0, 0.1) is 0 Å². The van der Waals surface area contributed by atoms with Crippen LogP contribution >= 0.6 is 0 Å². The maximum Gasteiger partial charge on any atom is 0.214 e. The Morgan fingerprint density at radius 3 is 1.74 bits per heavy atom. The predicted molar refractivity (Wildman–Crippen MR) is 125 cm³/mol. The third-order valence-corrected chi connectivity index (χ3v) is 9.07. The SMILES string of the molecule is CC(CNS(=O)(=O)C(C)C)Oc1ccc(-c2ccc(C(N)S(=O)(=O)C(C)C)cc2)cc1. The van der Waals surface area contributed by atoms with E-state index in [1.165, 1.54) is 0 Å². The highest BCUT2D eigenvalue weighted by Crippen LogP contribution is 2.26. The number of sulfone groups is 1. The Balaban J connectivity index is 2.03. The molecular weight excluding hydrogens is 436 g/mol. The van der Waals surface area contributed by atoms with E-state index < -0.39 is 35.7 Å². The van der Waals surface area contributed by atoms with Crippen molar-refractivity contribution in [3.05, 3.63) is 54.1 Å². The molecule has 0 spiro atoms. The number of hydrogen-bond acceptors (Lipinski definition) is 6. The van der Waals surface area contributed by atoms with E-state index in [1.54, 1.807) is 46.8 Å². The molecule has 0 aliphatic carbocycles. The molecule has 2 rings (SSSR count). The van der Waals surface area contributed by atoms with Crippen LogP contribution in [0.1, 0.15) is 45.6 Å². The molecule has 0 radical (unpaired) electrons. The van der Waals surface area contributed by atoms with Crippen molar-refractivity contribution in [3.63, 3.8) is 0 Å². The number of benzene rings is 2. The summed E-state index contributed by atoms with van der Waals surface area (Å²) in [6.07, 6.45) is -0.331. The average molecular weight is 469 g/mol. The average Bonchev–Trinajstić information content (AvgIpc) is 2.72. The Labute approximate surface area is 186 Å². The number of nitrogens with one attached hydrogen (secondary N) is 1. The molecule has 172 valence electrons. The fraction of sp³-hybridized carbons (Fsp3) is 0.455. The van der Waals surface area contributed by atoms with Crippen molar-refractivity contribution in [2.45, 2.75) is 56.6 Å². The lowest BCUT2D eigenvalue weighted by Gasteiger charge is -2.17. The molecule has 31 heavy (non-hydrogen) atoms. The van der Waals surface area contributed by atoms with Gasteiger partial charge in [0.1, 0.15) is 17.2 Å². The Morgan fingerprint density at radius 1 is 0.806 bits per heavy atom. The summed E-state index contributed by atoms with van der Waals surface area (Å²) in [5, 5.41) is -2.09. The van der Waals surface area contributed by atoms with Gasteiger partial charge in [0.05, 0.1) is 10.5 Å². The minimum absolute atomic E-state index is 0.184. The first-order valence-electron chi connectivity index (χ1n) is 10.2. The lowest BCUT2D eigenvalue weighted by molar-refractivity contribution is 0.225. The molecule has 2 aromatic rings. The molecule has 0 amide bonds. The van der Waals surface area contributed by atoms with Crippen LogP contribution in [0.3, 0.4) is 0 Å². The van der Waals surface area contributed by atoms with Crippen molar-refractivity contribution in [2.75, 3.05) is 6.54 Å². The normalized spacial score (nSPS) is 14.6. The predicted octanol–water partition coefficient (Wildman–Crippen LogP) is 3.23. The summed E-state index contributed by atoms with van der Waals surface area (Å²) in [7, 11) is -6.75. The summed E-state index contributed by atoms with van der Waals surface area (Å²) in [5.74, 6) is 0.627. The fourth-order valence-electron chi connectivity index (χ4n) is 2.75. The lowest BCUT2D eigenvalue weighted by Crippen LogP contribution is -2.37. The largest absolute Gasteiger partial charge is 0.489 e. The van der Waals surface area contributed by atoms with Gasteiger partial charge in [0.25, 0.3) is 0 Å². The first-order valence-corrected chi connectivity index (χ1v) is 13.3. The van der Waals surface area contributed by atoms with E-state index in [1.807, 2.05) is 36.4 Å². The molecule has 0 bridgehead atoms. The zero-order valence-corrected chi connectivity index (χ0v) is 20.2. The van der Waals surface area contributed by atoms with Crippen LogP contribution in [0.4, 0.5) is 0 Å². The van der Waals surface area contributed by atoms with E-state index in [0.29, 0.717) is 11.3 Å². The number of hydrogen-bond donors (Lipinski definition) is 2. The van der Waals surface area contributed by atoms with E-state index in [0.717, 1.165) is 11.1 Å². The van der Waals surface area contributed by atoms with Gasteiger partial charge >= 0.3 is 0 Å². The molecule has 3 N–H and O–H groups in total. The Morgan fingerprint density at radius 2 is 1.29 bits per heavy atom. The Bertz CT molecular complexity index is 1060. The molecule has 0 aliphatic heterocycles. The van der Waals surface area contributed by atoms with E-state index in [4.69, 9.17) is 10.5 Å². The molecule has 7 nitrogen and oxygen atoms in total. The van der Waals surface area contributed by atoms with Crippen molar-refractivity contribution in [1.82, 2.24) is 4.72 Å². The molecular formula is C22H32N2O5S2. The van der Waals surface area contributed by atoms with E-state index in [-0.39, 0.29) is 12.6 Å². The van der Waals surface area contributed by atoms with Gasteiger partial charge in [-0.1, -0.05) is 36.4 Å². The van der Waals surface area contributed by atoms with Crippen molar-refractivity contribution < 1.29 is 21.6 Å². The Kier molecular flexibility index (Phi) is 8.27. The molecule has 0 aliphatic rings. The van der Waals surface area contributed by atoms with Gasteiger partial charge in [0.2, 0.25) is 10.0 Å². The maximum absolute atomic E-state index is 12.3. The monoisotopic (exact) mass is 468 g/mol. The standard InChI is InChI=1S/C22H32N2O5S2/c1-15(2)30(25,26)22(23)20-8-6-18(7-9-20)19-10-12-21(13-11-19)29-17(5)14-24-31(27,28)16(3)4/h6-13,15-17,22,24H,14,23H2,1-5H3. The zero-order valence-electron chi connectivity index (χ0n) is 18.6. The number of nitrogens with two attached hydrogens (primary N) is 1. The van der Waals surface area contributed by atoms with Crippen molar-refractivity contribution >= 4 is 19.9 Å². The molecule has 2 unspecified atom stereocenters. The first-order chi connectivity index (χ1) is 14.3. The van der Waals surface area contributed by atoms with Crippen molar-refractivity contribution in [2.24, 2.45) is 5.73 Å². The van der Waals surface area contributed by atoms with Crippen LogP contribution in [0.2, 0.25) is 0 Å². The topological polar surface area (TPSA) is 116 Å². The molecule has 0 heterocycles. The van der Waals surface area contributed by atoms with E-state index in [2.05, 4.69) is 4.72 Å². The molecule has 0 aromatic heterocycles. The van der Waals surface area contributed by atoms with E-state index in [9.17, 15) is 16.8 Å². The second-order valence-electron chi connectivity index (χ2n) is 8.08. The molecule has 0 saturated heterocycles. The van der Waals surface area contributed by atoms with Crippen molar-refractivity contribution in [1.29, 1.82) is 0 Å². The molecule has 9 heteroatoms. The Hall–Kier alpha value is -1.94. The van der Waals surface area contributed by atoms with Crippen LogP contribution in [0.25, 0.3) is 11.1 Å². The van der Waals surface area contributed by atoms with Gasteiger partial charge in [-0.15, -0.1) is 0 Å². The summed E-state index contributed by atoms with van der Waals surface area (Å²) in [6, 6.07) is 14.5. The summed E-state index contributed by atoms with van der Waals surface area (Å²) in [4.78, 5) is 0. The second kappa shape index (κ2) is 10.1. The third-order valence-electron chi connectivity index (χ3n) is 4.97. The summed E-state index contributed by atoms with van der Waals surface area (Å²) in [5.41, 5.74) is 8.36. The van der Waals surface area contributed by atoms with Gasteiger partial charge in [-0.05, 0) is 63.4 Å². The third kappa shape index (κ3) is 6.52. The summed E-state index contributed by atoms with van der Waals surface area (Å²) < 4.78 is 56.5. The van der Waals surface area contributed by atoms with Gasteiger partial charge < -0.3 is 10.5 Å².